The minimum absolute atomic E-state index is 0. The van der Waals surface area contributed by atoms with Crippen LogP contribution < -0.4 is 10.6 Å². The van der Waals surface area contributed by atoms with Crippen LogP contribution in [-0.2, 0) is 0 Å². The van der Waals surface area contributed by atoms with Crippen molar-refractivity contribution in [2.24, 2.45) is 5.73 Å². The third-order valence-corrected chi connectivity index (χ3v) is 6.23. The van der Waals surface area contributed by atoms with Crippen molar-refractivity contribution >= 4 is 66.9 Å². The van der Waals surface area contributed by atoms with Crippen molar-refractivity contribution in [3.63, 3.8) is 0 Å². The molecule has 1 aromatic heterocycles. The summed E-state index contributed by atoms with van der Waals surface area (Å²) in [5.41, 5.74) is 7.25. The molecule has 0 amide bonds. The number of benzene rings is 1. The average Bonchev–Trinajstić information content (AvgIpc) is 2.86. The number of piperidine rings is 1. The van der Waals surface area contributed by atoms with E-state index in [0.717, 1.165) is 30.9 Å². The Morgan fingerprint density at radius 3 is 2.68 bits per heavy atom. The van der Waals surface area contributed by atoms with Gasteiger partial charge >= 0.3 is 5.69 Å². The lowest BCUT2D eigenvalue weighted by Crippen LogP contribution is -2.44. The summed E-state index contributed by atoms with van der Waals surface area (Å²) in [5, 5.41) is 11.6. The van der Waals surface area contributed by atoms with Gasteiger partial charge in [0.15, 0.2) is 5.52 Å². The highest BCUT2D eigenvalue weighted by Gasteiger charge is 2.29. The second-order valence-corrected chi connectivity index (χ2v) is 8.02. The van der Waals surface area contributed by atoms with Gasteiger partial charge in [-0.2, -0.15) is 0 Å². The second kappa shape index (κ2) is 7.77. The number of halogens is 3. The first-order chi connectivity index (χ1) is 11.3. The zero-order valence-corrected chi connectivity index (χ0v) is 17.9. The zero-order chi connectivity index (χ0) is 17.6. The summed E-state index contributed by atoms with van der Waals surface area (Å²) < 4.78 is 3.11. The number of nitrogens with zero attached hydrogens (tertiary/aromatic N) is 4. The Hall–Kier alpha value is -0.900. The summed E-state index contributed by atoms with van der Waals surface area (Å²) in [4.78, 5) is 18.0. The molecule has 3 rings (SSSR count). The van der Waals surface area contributed by atoms with Gasteiger partial charge in [-0.15, -0.1) is 12.4 Å². The predicted molar refractivity (Wildman–Crippen MR) is 109 cm³/mol. The Kier molecular flexibility index (Phi) is 6.35. The molecule has 25 heavy (non-hydrogen) atoms. The SMILES string of the molecule is CC(C)n1c(N2CCC[C@@H](N)C2)nc2c([N+](=O)[O-])c(Br)c(Br)cc21.Cl. The molecule has 2 aromatic rings. The maximum atomic E-state index is 11.6. The van der Waals surface area contributed by atoms with Gasteiger partial charge in [0.05, 0.1) is 10.4 Å². The van der Waals surface area contributed by atoms with Crippen molar-refractivity contribution in [2.75, 3.05) is 18.0 Å². The monoisotopic (exact) mass is 495 g/mol. The molecule has 1 atom stereocenters. The molecule has 1 fully saturated rings. The first-order valence-corrected chi connectivity index (χ1v) is 9.44. The van der Waals surface area contributed by atoms with Crippen molar-refractivity contribution in [1.82, 2.24) is 9.55 Å². The maximum Gasteiger partial charge on any atom is 0.312 e. The van der Waals surface area contributed by atoms with Crippen molar-refractivity contribution in [3.05, 3.63) is 25.1 Å². The van der Waals surface area contributed by atoms with Crippen LogP contribution in [0.4, 0.5) is 11.6 Å². The molecular formula is C15H20Br2ClN5O2. The summed E-state index contributed by atoms with van der Waals surface area (Å²) >= 11 is 6.71. The minimum Gasteiger partial charge on any atom is -0.341 e. The summed E-state index contributed by atoms with van der Waals surface area (Å²) in [7, 11) is 0. The normalized spacial score (nSPS) is 17.8. The topological polar surface area (TPSA) is 90.2 Å². The zero-order valence-electron chi connectivity index (χ0n) is 13.9. The van der Waals surface area contributed by atoms with Crippen molar-refractivity contribution in [3.8, 4) is 0 Å². The highest BCUT2D eigenvalue weighted by atomic mass is 79.9. The first-order valence-electron chi connectivity index (χ1n) is 7.86. The van der Waals surface area contributed by atoms with Gasteiger partial charge in [0.25, 0.3) is 0 Å². The van der Waals surface area contributed by atoms with Crippen LogP contribution >= 0.6 is 44.3 Å². The largest absolute Gasteiger partial charge is 0.341 e. The van der Waals surface area contributed by atoms with Crippen LogP contribution in [0.15, 0.2) is 15.0 Å². The molecule has 7 nitrogen and oxygen atoms in total. The number of nitrogens with two attached hydrogens (primary N) is 1. The van der Waals surface area contributed by atoms with Gasteiger partial charge in [0.1, 0.15) is 4.47 Å². The van der Waals surface area contributed by atoms with Crippen molar-refractivity contribution in [2.45, 2.75) is 38.8 Å². The van der Waals surface area contributed by atoms with E-state index in [4.69, 9.17) is 5.73 Å². The Labute approximate surface area is 168 Å². The lowest BCUT2D eigenvalue weighted by atomic mass is 10.1. The number of nitro groups is 1. The summed E-state index contributed by atoms with van der Waals surface area (Å²) in [6, 6.07) is 2.11. The third-order valence-electron chi connectivity index (χ3n) is 4.27. The van der Waals surface area contributed by atoms with Gasteiger partial charge < -0.3 is 15.2 Å². The van der Waals surface area contributed by atoms with Gasteiger partial charge in [-0.1, -0.05) is 0 Å². The van der Waals surface area contributed by atoms with E-state index in [9.17, 15) is 10.1 Å². The van der Waals surface area contributed by atoms with Gasteiger partial charge in [0.2, 0.25) is 5.95 Å². The molecule has 0 saturated carbocycles. The molecule has 0 unspecified atom stereocenters. The molecule has 1 aromatic carbocycles. The van der Waals surface area contributed by atoms with E-state index in [1.807, 2.05) is 6.07 Å². The van der Waals surface area contributed by atoms with E-state index >= 15 is 0 Å². The fourth-order valence-electron chi connectivity index (χ4n) is 3.24. The smallest absolute Gasteiger partial charge is 0.312 e. The summed E-state index contributed by atoms with van der Waals surface area (Å²) in [6.45, 7) is 5.68. The lowest BCUT2D eigenvalue weighted by molar-refractivity contribution is -0.384. The van der Waals surface area contributed by atoms with Crippen LogP contribution in [-0.4, -0.2) is 33.6 Å². The lowest BCUT2D eigenvalue weighted by Gasteiger charge is -2.32. The Morgan fingerprint density at radius 2 is 2.12 bits per heavy atom. The fourth-order valence-corrected chi connectivity index (χ4v) is 4.09. The average molecular weight is 498 g/mol. The maximum absolute atomic E-state index is 11.6. The summed E-state index contributed by atoms with van der Waals surface area (Å²) in [5.74, 6) is 0.753. The second-order valence-electron chi connectivity index (χ2n) is 6.37. The molecule has 0 aliphatic carbocycles. The van der Waals surface area contributed by atoms with E-state index < -0.39 is 0 Å². The molecule has 138 valence electrons. The van der Waals surface area contributed by atoms with Crippen LogP contribution in [0.5, 0.6) is 0 Å². The Bertz CT molecular complexity index is 811. The molecule has 2 N–H and O–H groups in total. The molecule has 1 aliphatic heterocycles. The van der Waals surface area contributed by atoms with Gasteiger partial charge in [0, 0.05) is 29.6 Å². The number of anilines is 1. The van der Waals surface area contributed by atoms with Crippen LogP contribution in [0.25, 0.3) is 11.0 Å². The highest BCUT2D eigenvalue weighted by molar-refractivity contribution is 9.13. The standard InChI is InChI=1S/C15H19Br2N5O2.ClH/c1-8(2)21-11-6-10(16)12(17)14(22(23)24)13(11)19-15(21)20-5-3-4-9(18)7-20;/h6,8-9H,3-5,7,18H2,1-2H3;1H/t9-;/m1./s1. The Balaban J connectivity index is 0.00000225. The first kappa shape index (κ1) is 20.4. The number of imidazole rings is 1. The van der Waals surface area contributed by atoms with Crippen LogP contribution in [0, 0.1) is 10.1 Å². The van der Waals surface area contributed by atoms with Gasteiger partial charge in [-0.05, 0) is 64.6 Å². The van der Waals surface area contributed by atoms with E-state index in [1.54, 1.807) is 0 Å². The van der Waals surface area contributed by atoms with E-state index in [0.29, 0.717) is 21.0 Å². The van der Waals surface area contributed by atoms with Crippen LogP contribution in [0.3, 0.4) is 0 Å². The molecule has 1 saturated heterocycles. The minimum atomic E-state index is -0.388. The van der Waals surface area contributed by atoms with Crippen molar-refractivity contribution < 1.29 is 4.92 Å². The van der Waals surface area contributed by atoms with Crippen LogP contribution in [0.1, 0.15) is 32.7 Å². The molecule has 0 spiro atoms. The predicted octanol–water partition coefficient (Wildman–Crippen LogP) is 4.40. The summed E-state index contributed by atoms with van der Waals surface area (Å²) in [6.07, 6.45) is 1.99. The van der Waals surface area contributed by atoms with Crippen LogP contribution in [0.2, 0.25) is 0 Å². The van der Waals surface area contributed by atoms with E-state index in [-0.39, 0.29) is 35.1 Å². The molecule has 10 heteroatoms. The number of nitro benzene ring substituents is 1. The van der Waals surface area contributed by atoms with Gasteiger partial charge in [-0.25, -0.2) is 4.98 Å². The molecular weight excluding hydrogens is 477 g/mol. The number of hydrogen-bond acceptors (Lipinski definition) is 5. The van der Waals surface area contributed by atoms with E-state index in [2.05, 4.69) is 60.2 Å². The van der Waals surface area contributed by atoms with Gasteiger partial charge in [-0.3, -0.25) is 10.1 Å². The van der Waals surface area contributed by atoms with Crippen molar-refractivity contribution in [1.29, 1.82) is 0 Å². The number of fused-ring (bicyclic) bond motifs is 1. The fraction of sp³-hybridized carbons (Fsp3) is 0.533. The molecule has 0 bridgehead atoms. The molecule has 0 radical (unpaired) electrons. The number of hydrogen-bond donors (Lipinski definition) is 1. The number of aromatic nitrogens is 2. The number of rotatable bonds is 3. The highest BCUT2D eigenvalue weighted by Crippen LogP contribution is 2.41. The molecule has 2 heterocycles. The van der Waals surface area contributed by atoms with E-state index in [1.165, 1.54) is 0 Å². The quantitative estimate of drug-likeness (QED) is 0.502. The third kappa shape index (κ3) is 3.65. The molecule has 1 aliphatic rings. The Morgan fingerprint density at radius 1 is 1.44 bits per heavy atom.